The fraction of sp³-hybridized carbons (Fsp3) is 0.286. The van der Waals surface area contributed by atoms with Crippen LogP contribution in [0, 0.1) is 11.3 Å². The first-order valence-electron chi connectivity index (χ1n) is 9.16. The van der Waals surface area contributed by atoms with Crippen molar-refractivity contribution in [1.82, 2.24) is 19.8 Å². The van der Waals surface area contributed by atoms with E-state index in [2.05, 4.69) is 25.8 Å². The first kappa shape index (κ1) is 17.4. The van der Waals surface area contributed by atoms with E-state index in [1.807, 2.05) is 48.5 Å². The van der Waals surface area contributed by atoms with Gasteiger partial charge in [-0.05, 0) is 29.8 Å². The van der Waals surface area contributed by atoms with Gasteiger partial charge in [0.2, 0.25) is 0 Å². The molecule has 4 rings (SSSR count). The maximum absolute atomic E-state index is 8.89. The largest absolute Gasteiger partial charge is 0.383 e. The second-order valence-corrected chi connectivity index (χ2v) is 6.90. The van der Waals surface area contributed by atoms with E-state index in [0.717, 1.165) is 56.0 Å². The molecule has 2 N–H and O–H groups in total. The molecule has 1 aliphatic rings. The number of hydrogen-bond donors (Lipinski definition) is 1. The number of nitrogen functional groups attached to an aromatic ring is 1. The first-order valence-corrected chi connectivity index (χ1v) is 9.16. The van der Waals surface area contributed by atoms with Crippen molar-refractivity contribution in [3.8, 4) is 6.07 Å². The number of fused-ring (bicyclic) bond motifs is 1. The van der Waals surface area contributed by atoms with Crippen LogP contribution in [0.1, 0.15) is 17.0 Å². The quantitative estimate of drug-likeness (QED) is 0.771. The summed E-state index contributed by atoms with van der Waals surface area (Å²) >= 11 is 0. The molecule has 1 aromatic heterocycles. The normalized spacial score (nSPS) is 15.7. The predicted molar refractivity (Wildman–Crippen MR) is 106 cm³/mol. The van der Waals surface area contributed by atoms with Gasteiger partial charge in [-0.1, -0.05) is 24.3 Å². The number of para-hydroxylation sites is 1. The fourth-order valence-corrected chi connectivity index (χ4v) is 3.47. The molecule has 0 amide bonds. The highest BCUT2D eigenvalue weighted by molar-refractivity contribution is 5.87. The van der Waals surface area contributed by atoms with Gasteiger partial charge in [0, 0.05) is 38.1 Å². The minimum absolute atomic E-state index is 0.551. The predicted octanol–water partition coefficient (Wildman–Crippen LogP) is 2.40. The lowest BCUT2D eigenvalue weighted by Gasteiger charge is -2.34. The number of anilines is 1. The van der Waals surface area contributed by atoms with Crippen molar-refractivity contribution in [1.29, 1.82) is 5.26 Å². The van der Waals surface area contributed by atoms with Crippen LogP contribution in [0.3, 0.4) is 0 Å². The number of rotatable bonds is 4. The zero-order valence-electron chi connectivity index (χ0n) is 15.2. The van der Waals surface area contributed by atoms with Crippen molar-refractivity contribution in [3.63, 3.8) is 0 Å². The molecule has 27 heavy (non-hydrogen) atoms. The molecule has 1 aliphatic heterocycles. The van der Waals surface area contributed by atoms with Crippen LogP contribution in [-0.2, 0) is 13.1 Å². The molecule has 2 heterocycles. The minimum Gasteiger partial charge on any atom is -0.383 e. The molecule has 0 aliphatic carbocycles. The highest BCUT2D eigenvalue weighted by atomic mass is 15.3. The van der Waals surface area contributed by atoms with E-state index in [0.29, 0.717) is 11.4 Å². The van der Waals surface area contributed by atoms with E-state index in [4.69, 9.17) is 11.0 Å². The minimum atomic E-state index is 0.551. The summed E-state index contributed by atoms with van der Waals surface area (Å²) in [5.41, 5.74) is 8.95. The maximum Gasteiger partial charge on any atom is 0.145 e. The van der Waals surface area contributed by atoms with Crippen molar-refractivity contribution in [2.75, 3.05) is 31.9 Å². The van der Waals surface area contributed by atoms with Gasteiger partial charge in [-0.2, -0.15) is 5.26 Å². The number of benzene rings is 2. The van der Waals surface area contributed by atoms with Crippen LogP contribution >= 0.6 is 0 Å². The lowest BCUT2D eigenvalue weighted by atomic mass is 10.1. The molecule has 0 saturated carbocycles. The topological polar surface area (TPSA) is 82.1 Å². The van der Waals surface area contributed by atoms with Crippen molar-refractivity contribution < 1.29 is 0 Å². The third-order valence-electron chi connectivity index (χ3n) is 5.00. The van der Waals surface area contributed by atoms with Gasteiger partial charge in [0.15, 0.2) is 0 Å². The van der Waals surface area contributed by atoms with Gasteiger partial charge < -0.3 is 5.73 Å². The fourth-order valence-electron chi connectivity index (χ4n) is 3.47. The number of hydrogen-bond acceptors (Lipinski definition) is 6. The Morgan fingerprint density at radius 1 is 0.889 bits per heavy atom. The van der Waals surface area contributed by atoms with Gasteiger partial charge >= 0.3 is 0 Å². The summed E-state index contributed by atoms with van der Waals surface area (Å²) < 4.78 is 0. The van der Waals surface area contributed by atoms with E-state index in [9.17, 15) is 0 Å². The van der Waals surface area contributed by atoms with E-state index in [1.165, 1.54) is 5.56 Å². The van der Waals surface area contributed by atoms with Crippen molar-refractivity contribution in [3.05, 3.63) is 65.5 Å². The monoisotopic (exact) mass is 358 g/mol. The molecule has 2 aromatic carbocycles. The number of nitrogens with zero attached hydrogens (tertiary/aromatic N) is 5. The SMILES string of the molecule is N#Cc1ccc(CN2CCN(Cc3nc(N)c4ccccc4n3)CC2)cc1. The smallest absolute Gasteiger partial charge is 0.145 e. The molecule has 1 fully saturated rings. The third-order valence-corrected chi connectivity index (χ3v) is 5.00. The first-order chi connectivity index (χ1) is 13.2. The third kappa shape index (κ3) is 4.05. The average Bonchev–Trinajstić information content (AvgIpc) is 2.70. The summed E-state index contributed by atoms with van der Waals surface area (Å²) in [4.78, 5) is 14.0. The molecule has 0 atom stereocenters. The molecule has 6 nitrogen and oxygen atoms in total. The summed E-state index contributed by atoms with van der Waals surface area (Å²) in [7, 11) is 0. The summed E-state index contributed by atoms with van der Waals surface area (Å²) in [6.07, 6.45) is 0. The van der Waals surface area contributed by atoms with Crippen LogP contribution in [0.4, 0.5) is 5.82 Å². The van der Waals surface area contributed by atoms with Gasteiger partial charge in [0.1, 0.15) is 11.6 Å². The second-order valence-electron chi connectivity index (χ2n) is 6.90. The summed E-state index contributed by atoms with van der Waals surface area (Å²) in [5.74, 6) is 1.33. The molecule has 6 heteroatoms. The molecule has 136 valence electrons. The summed E-state index contributed by atoms with van der Waals surface area (Å²) in [6, 6.07) is 17.9. The van der Waals surface area contributed by atoms with Gasteiger partial charge in [-0.3, -0.25) is 9.80 Å². The molecule has 0 spiro atoms. The highest BCUT2D eigenvalue weighted by Crippen LogP contribution is 2.18. The standard InChI is InChI=1S/C21H22N6/c22-13-16-5-7-17(8-6-16)14-26-9-11-27(12-10-26)15-20-24-19-4-2-1-3-18(19)21(23)25-20/h1-8H,9-12,14-15H2,(H2,23,24,25). The van der Waals surface area contributed by atoms with E-state index < -0.39 is 0 Å². The Hall–Kier alpha value is -3.01. The molecule has 1 saturated heterocycles. The van der Waals surface area contributed by atoms with Gasteiger partial charge in [-0.15, -0.1) is 0 Å². The molecule has 0 bridgehead atoms. The summed E-state index contributed by atoms with van der Waals surface area (Å²) in [5, 5.41) is 9.80. The zero-order valence-corrected chi connectivity index (χ0v) is 15.2. The van der Waals surface area contributed by atoms with Crippen LogP contribution in [0.15, 0.2) is 48.5 Å². The number of nitriles is 1. The lowest BCUT2D eigenvalue weighted by molar-refractivity contribution is 0.120. The molecule has 3 aromatic rings. The number of aromatic nitrogens is 2. The van der Waals surface area contributed by atoms with Gasteiger partial charge in [-0.25, -0.2) is 9.97 Å². The van der Waals surface area contributed by atoms with Crippen molar-refractivity contribution in [2.24, 2.45) is 0 Å². The van der Waals surface area contributed by atoms with Crippen LogP contribution < -0.4 is 5.73 Å². The Kier molecular flexibility index (Phi) is 4.97. The van der Waals surface area contributed by atoms with E-state index in [1.54, 1.807) is 0 Å². The number of nitrogens with two attached hydrogens (primary N) is 1. The second kappa shape index (κ2) is 7.70. The highest BCUT2D eigenvalue weighted by Gasteiger charge is 2.18. The molecule has 0 radical (unpaired) electrons. The zero-order chi connectivity index (χ0) is 18.6. The lowest BCUT2D eigenvalue weighted by Crippen LogP contribution is -2.45. The molecule has 0 unspecified atom stereocenters. The Bertz CT molecular complexity index is 968. The van der Waals surface area contributed by atoms with Crippen molar-refractivity contribution in [2.45, 2.75) is 13.1 Å². The summed E-state index contributed by atoms with van der Waals surface area (Å²) in [6.45, 7) is 5.60. The molecular weight excluding hydrogens is 336 g/mol. The Morgan fingerprint density at radius 3 is 2.26 bits per heavy atom. The van der Waals surface area contributed by atoms with Crippen LogP contribution in [0.5, 0.6) is 0 Å². The Labute approximate surface area is 158 Å². The maximum atomic E-state index is 8.89. The van der Waals surface area contributed by atoms with Crippen LogP contribution in [0.25, 0.3) is 10.9 Å². The molecular formula is C21H22N6. The van der Waals surface area contributed by atoms with E-state index >= 15 is 0 Å². The number of piperazine rings is 1. The van der Waals surface area contributed by atoms with Gasteiger partial charge in [0.05, 0.1) is 23.7 Å². The van der Waals surface area contributed by atoms with Crippen molar-refractivity contribution >= 4 is 16.7 Å². The van der Waals surface area contributed by atoms with Crippen LogP contribution in [0.2, 0.25) is 0 Å². The Balaban J connectivity index is 1.35. The Morgan fingerprint density at radius 2 is 1.56 bits per heavy atom. The van der Waals surface area contributed by atoms with Gasteiger partial charge in [0.25, 0.3) is 0 Å². The van der Waals surface area contributed by atoms with E-state index in [-0.39, 0.29) is 0 Å². The average molecular weight is 358 g/mol. The van der Waals surface area contributed by atoms with Crippen LogP contribution in [-0.4, -0.2) is 45.9 Å².